The monoisotopic (exact) mass is 506 g/mol. The van der Waals surface area contributed by atoms with Gasteiger partial charge in [0.05, 0.1) is 12.2 Å². The Morgan fingerprint density at radius 2 is 1.62 bits per heavy atom. The molecule has 0 spiro atoms. The van der Waals surface area contributed by atoms with Crippen molar-refractivity contribution in [3.05, 3.63) is 12.2 Å². The summed E-state index contributed by atoms with van der Waals surface area (Å²) in [6.45, 7) is 25.2. The first kappa shape index (κ1) is 31.4. The lowest BCUT2D eigenvalue weighted by Crippen LogP contribution is -2.45. The molecule has 0 N–H and O–H groups in total. The van der Waals surface area contributed by atoms with Crippen LogP contribution in [0.2, 0.25) is 36.3 Å². The number of rotatable bonds is 12. The molecule has 0 aromatic heterocycles. The maximum Gasteiger partial charge on any atom is 0.192 e. The molecule has 1 rings (SSSR count). The van der Waals surface area contributed by atoms with Crippen LogP contribution in [-0.4, -0.2) is 35.1 Å². The summed E-state index contributed by atoms with van der Waals surface area (Å²) in [7, 11) is -3.88. The lowest BCUT2D eigenvalue weighted by molar-refractivity contribution is -0.112. The Bertz CT molecular complexity index is 706. The van der Waals surface area contributed by atoms with Gasteiger partial charge in [0.15, 0.2) is 16.6 Å². The Kier molecular flexibility index (Phi) is 11.5. The highest BCUT2D eigenvalue weighted by atomic mass is 28.4. The standard InChI is InChI=1S/C29H54O3Si2/c1-13-15-16-18-24(31-33(9,10)28(3,4)5)19-20-26-25(17-14-2)23(22-30)21-27(26)32-34(11,12)29(6,7)8/h2,19-20,22-27H,13,15-18,21H2,1,3-12H3/t23-,24+,25+,26-,27-/m1/s1. The summed E-state index contributed by atoms with van der Waals surface area (Å²) in [4.78, 5) is 12.0. The van der Waals surface area contributed by atoms with E-state index < -0.39 is 16.6 Å². The van der Waals surface area contributed by atoms with Gasteiger partial charge >= 0.3 is 0 Å². The summed E-state index contributed by atoms with van der Waals surface area (Å²) >= 11 is 0. The second-order valence-corrected chi connectivity index (χ2v) is 22.9. The van der Waals surface area contributed by atoms with Crippen molar-refractivity contribution < 1.29 is 13.6 Å². The van der Waals surface area contributed by atoms with Crippen LogP contribution in [0.4, 0.5) is 0 Å². The van der Waals surface area contributed by atoms with Crippen molar-refractivity contribution in [2.75, 3.05) is 0 Å². The van der Waals surface area contributed by atoms with Gasteiger partial charge in [0.2, 0.25) is 0 Å². The lowest BCUT2D eigenvalue weighted by Gasteiger charge is -2.40. The van der Waals surface area contributed by atoms with Gasteiger partial charge in [0.25, 0.3) is 0 Å². The molecule has 196 valence electrons. The van der Waals surface area contributed by atoms with E-state index in [9.17, 15) is 4.79 Å². The molecule has 0 amide bonds. The molecule has 5 atom stereocenters. The summed E-state index contributed by atoms with van der Waals surface area (Å²) in [6, 6.07) is 0. The second kappa shape index (κ2) is 12.5. The third kappa shape index (κ3) is 8.47. The predicted molar refractivity (Wildman–Crippen MR) is 152 cm³/mol. The molecular weight excluding hydrogens is 452 g/mol. The average Bonchev–Trinajstić information content (AvgIpc) is 3.00. The fourth-order valence-electron chi connectivity index (χ4n) is 4.29. The van der Waals surface area contributed by atoms with Crippen LogP contribution in [0.1, 0.15) is 87.0 Å². The van der Waals surface area contributed by atoms with Crippen molar-refractivity contribution in [3.8, 4) is 12.3 Å². The van der Waals surface area contributed by atoms with Crippen molar-refractivity contribution in [3.63, 3.8) is 0 Å². The van der Waals surface area contributed by atoms with Crippen molar-refractivity contribution in [1.29, 1.82) is 0 Å². The average molecular weight is 507 g/mol. The molecule has 0 saturated heterocycles. The van der Waals surface area contributed by atoms with Gasteiger partial charge in [0, 0.05) is 18.3 Å². The van der Waals surface area contributed by atoms with Gasteiger partial charge in [-0.2, -0.15) is 0 Å². The van der Waals surface area contributed by atoms with Crippen LogP contribution in [0.3, 0.4) is 0 Å². The maximum absolute atomic E-state index is 12.0. The van der Waals surface area contributed by atoms with Gasteiger partial charge in [-0.3, -0.25) is 0 Å². The molecular formula is C29H54O3Si2. The molecule has 1 aliphatic rings. The molecule has 0 bridgehead atoms. The number of carbonyl (C=O) groups is 1. The van der Waals surface area contributed by atoms with E-state index in [2.05, 4.69) is 92.7 Å². The highest BCUT2D eigenvalue weighted by Crippen LogP contribution is 2.46. The van der Waals surface area contributed by atoms with Crippen molar-refractivity contribution >= 4 is 22.9 Å². The van der Waals surface area contributed by atoms with E-state index in [-0.39, 0.29) is 40.0 Å². The van der Waals surface area contributed by atoms with Crippen LogP contribution in [0.5, 0.6) is 0 Å². The minimum atomic E-state index is -1.98. The van der Waals surface area contributed by atoms with Crippen LogP contribution < -0.4 is 0 Å². The molecule has 3 nitrogen and oxygen atoms in total. The highest BCUT2D eigenvalue weighted by Gasteiger charge is 2.47. The Morgan fingerprint density at radius 1 is 1.03 bits per heavy atom. The SMILES string of the molecule is C#CC[C@@H]1[C@@H](C=C[C@H](CCCCC)O[Si](C)(C)C(C)(C)C)[C@H](O[Si](C)(C)C(C)(C)C)C[C@@H]1C=O. The number of aldehydes is 1. The number of terminal acetylenes is 1. The van der Waals surface area contributed by atoms with Crippen molar-refractivity contribution in [2.24, 2.45) is 17.8 Å². The fraction of sp³-hybridized carbons (Fsp3) is 0.828. The van der Waals surface area contributed by atoms with Gasteiger partial charge < -0.3 is 13.6 Å². The van der Waals surface area contributed by atoms with Crippen LogP contribution in [-0.2, 0) is 13.6 Å². The first-order valence-corrected chi connectivity index (χ1v) is 19.2. The van der Waals surface area contributed by atoms with E-state index in [1.54, 1.807) is 0 Å². The topological polar surface area (TPSA) is 35.5 Å². The van der Waals surface area contributed by atoms with E-state index in [0.717, 1.165) is 19.1 Å². The molecule has 1 fully saturated rings. The normalized spacial score (nSPS) is 25.5. The molecule has 1 saturated carbocycles. The Labute approximate surface area is 214 Å². The Morgan fingerprint density at radius 3 is 2.09 bits per heavy atom. The lowest BCUT2D eigenvalue weighted by atomic mass is 9.86. The first-order valence-electron chi connectivity index (χ1n) is 13.4. The smallest absolute Gasteiger partial charge is 0.192 e. The van der Waals surface area contributed by atoms with E-state index in [1.807, 2.05) is 0 Å². The summed E-state index contributed by atoms with van der Waals surface area (Å²) in [6.07, 6.45) is 17.6. The molecule has 0 radical (unpaired) electrons. The van der Waals surface area contributed by atoms with Crippen molar-refractivity contribution in [2.45, 2.75) is 135 Å². The minimum Gasteiger partial charge on any atom is -0.413 e. The van der Waals surface area contributed by atoms with Gasteiger partial charge in [-0.15, -0.1) is 12.3 Å². The Balaban J connectivity index is 3.27. The van der Waals surface area contributed by atoms with Crippen LogP contribution in [0.25, 0.3) is 0 Å². The van der Waals surface area contributed by atoms with E-state index in [1.165, 1.54) is 19.3 Å². The molecule has 0 aromatic carbocycles. The maximum atomic E-state index is 12.0. The summed E-state index contributed by atoms with van der Waals surface area (Å²) in [5, 5.41) is 0.288. The highest BCUT2D eigenvalue weighted by molar-refractivity contribution is 6.74. The quantitative estimate of drug-likeness (QED) is 0.0876. The second-order valence-electron chi connectivity index (χ2n) is 13.4. The number of hydrogen-bond acceptors (Lipinski definition) is 3. The molecule has 0 heterocycles. The fourth-order valence-corrected chi connectivity index (χ4v) is 6.96. The number of carbonyl (C=O) groups excluding carboxylic acids is 1. The van der Waals surface area contributed by atoms with Gasteiger partial charge in [-0.1, -0.05) is 79.9 Å². The van der Waals surface area contributed by atoms with E-state index >= 15 is 0 Å². The molecule has 34 heavy (non-hydrogen) atoms. The van der Waals surface area contributed by atoms with Gasteiger partial charge in [0.1, 0.15) is 6.29 Å². The van der Waals surface area contributed by atoms with Crippen molar-refractivity contribution in [1.82, 2.24) is 0 Å². The predicted octanol–water partition coefficient (Wildman–Crippen LogP) is 8.38. The first-order chi connectivity index (χ1) is 15.5. The van der Waals surface area contributed by atoms with Gasteiger partial charge in [-0.25, -0.2) is 0 Å². The largest absolute Gasteiger partial charge is 0.413 e. The number of unbranched alkanes of at least 4 members (excludes halogenated alkanes) is 2. The Hall–Kier alpha value is -0.676. The summed E-state index contributed by atoms with van der Waals surface area (Å²) in [5.41, 5.74) is 0. The van der Waals surface area contributed by atoms with E-state index in [0.29, 0.717) is 6.42 Å². The summed E-state index contributed by atoms with van der Waals surface area (Å²) < 4.78 is 13.8. The zero-order valence-corrected chi connectivity index (χ0v) is 26.2. The van der Waals surface area contributed by atoms with Crippen LogP contribution in [0.15, 0.2) is 12.2 Å². The molecule has 0 aliphatic heterocycles. The zero-order chi connectivity index (χ0) is 26.4. The van der Waals surface area contributed by atoms with Gasteiger partial charge in [-0.05, 0) is 55.0 Å². The molecule has 0 aromatic rings. The summed E-state index contributed by atoms with van der Waals surface area (Å²) in [5.74, 6) is 3.09. The third-order valence-electron chi connectivity index (χ3n) is 8.65. The third-order valence-corrected chi connectivity index (χ3v) is 17.7. The van der Waals surface area contributed by atoms with Crippen LogP contribution in [0, 0.1) is 30.1 Å². The molecule has 1 aliphatic carbocycles. The van der Waals surface area contributed by atoms with E-state index in [4.69, 9.17) is 15.3 Å². The molecule has 5 heteroatoms. The molecule has 0 unspecified atom stereocenters. The zero-order valence-electron chi connectivity index (χ0n) is 24.2. The minimum absolute atomic E-state index is 0.0369. The number of hydrogen-bond donors (Lipinski definition) is 0. The van der Waals surface area contributed by atoms with Crippen LogP contribution >= 0.6 is 0 Å².